The van der Waals surface area contributed by atoms with Crippen LogP contribution < -0.4 is 10.6 Å². The summed E-state index contributed by atoms with van der Waals surface area (Å²) >= 11 is 6.11. The molecule has 0 saturated carbocycles. The lowest BCUT2D eigenvalue weighted by molar-refractivity contribution is 0.313. The second kappa shape index (κ2) is 4.94. The van der Waals surface area contributed by atoms with Crippen molar-refractivity contribution in [2.24, 2.45) is 5.73 Å². The molecule has 1 saturated heterocycles. The van der Waals surface area contributed by atoms with Gasteiger partial charge in [-0.15, -0.1) is 0 Å². The van der Waals surface area contributed by atoms with Gasteiger partial charge in [0.1, 0.15) is 5.84 Å². The normalized spacial score (nSPS) is 17.2. The maximum atomic E-state index is 7.39. The van der Waals surface area contributed by atoms with E-state index in [1.54, 1.807) is 0 Å². The number of rotatable bonds is 2. The molecule has 0 aromatic heterocycles. The highest BCUT2D eigenvalue weighted by atomic mass is 35.5. The third kappa shape index (κ3) is 2.70. The molecule has 17 heavy (non-hydrogen) atoms. The van der Waals surface area contributed by atoms with Crippen LogP contribution in [0.15, 0.2) is 18.2 Å². The lowest BCUT2D eigenvalue weighted by Gasteiger charge is -2.34. The van der Waals surface area contributed by atoms with E-state index in [2.05, 4.69) is 16.8 Å². The molecular formula is C12H17ClN4. The van der Waals surface area contributed by atoms with E-state index >= 15 is 0 Å². The molecule has 0 aliphatic carbocycles. The van der Waals surface area contributed by atoms with Crippen molar-refractivity contribution in [3.05, 3.63) is 28.8 Å². The number of likely N-dealkylation sites (N-methyl/N-ethyl adjacent to an activating group) is 1. The fourth-order valence-electron chi connectivity index (χ4n) is 1.98. The van der Waals surface area contributed by atoms with Crippen LogP contribution in [-0.2, 0) is 0 Å². The maximum Gasteiger partial charge on any atom is 0.124 e. The van der Waals surface area contributed by atoms with Crippen LogP contribution in [0.3, 0.4) is 0 Å². The first kappa shape index (κ1) is 12.2. The molecule has 1 aliphatic rings. The van der Waals surface area contributed by atoms with Crippen molar-refractivity contribution in [2.45, 2.75) is 0 Å². The predicted octanol–water partition coefficient (Wildman–Crippen LogP) is 1.38. The van der Waals surface area contributed by atoms with Gasteiger partial charge in [0.15, 0.2) is 0 Å². The fourth-order valence-corrected chi connectivity index (χ4v) is 2.26. The quantitative estimate of drug-likeness (QED) is 0.618. The van der Waals surface area contributed by atoms with Crippen molar-refractivity contribution >= 4 is 23.1 Å². The Kier molecular flexibility index (Phi) is 3.54. The highest BCUT2D eigenvalue weighted by Crippen LogP contribution is 2.24. The number of nitrogens with two attached hydrogens (primary N) is 1. The van der Waals surface area contributed by atoms with Crippen LogP contribution in [0.1, 0.15) is 5.56 Å². The van der Waals surface area contributed by atoms with Gasteiger partial charge in [0.05, 0.1) is 5.02 Å². The second-order valence-corrected chi connectivity index (χ2v) is 4.78. The van der Waals surface area contributed by atoms with Crippen molar-refractivity contribution < 1.29 is 0 Å². The zero-order valence-corrected chi connectivity index (χ0v) is 10.7. The Labute approximate surface area is 106 Å². The van der Waals surface area contributed by atoms with Crippen LogP contribution in [0, 0.1) is 5.41 Å². The minimum Gasteiger partial charge on any atom is -0.384 e. The minimum atomic E-state index is 0.0138. The molecule has 1 fully saturated rings. The van der Waals surface area contributed by atoms with Gasteiger partial charge in [-0.2, -0.15) is 0 Å². The third-order valence-corrected chi connectivity index (χ3v) is 3.42. The minimum absolute atomic E-state index is 0.0138. The van der Waals surface area contributed by atoms with Crippen LogP contribution in [0.2, 0.25) is 5.02 Å². The summed E-state index contributed by atoms with van der Waals surface area (Å²) in [4.78, 5) is 4.61. The number of halogens is 1. The van der Waals surface area contributed by atoms with Crippen molar-refractivity contribution in [1.82, 2.24) is 4.90 Å². The highest BCUT2D eigenvalue weighted by molar-refractivity contribution is 6.34. The first-order chi connectivity index (χ1) is 8.08. The third-order valence-electron chi connectivity index (χ3n) is 3.11. The predicted molar refractivity (Wildman–Crippen MR) is 72.2 cm³/mol. The smallest absolute Gasteiger partial charge is 0.124 e. The number of amidine groups is 1. The highest BCUT2D eigenvalue weighted by Gasteiger charge is 2.15. The average Bonchev–Trinajstić information content (AvgIpc) is 2.29. The van der Waals surface area contributed by atoms with Gasteiger partial charge in [0, 0.05) is 37.4 Å². The zero-order chi connectivity index (χ0) is 12.4. The molecule has 92 valence electrons. The van der Waals surface area contributed by atoms with Crippen LogP contribution in [0.4, 0.5) is 5.69 Å². The number of nitrogen functional groups attached to an aromatic ring is 1. The summed E-state index contributed by atoms with van der Waals surface area (Å²) in [6.07, 6.45) is 0. The van der Waals surface area contributed by atoms with Gasteiger partial charge in [-0.05, 0) is 25.2 Å². The van der Waals surface area contributed by atoms with Gasteiger partial charge in [0.25, 0.3) is 0 Å². The molecule has 5 heteroatoms. The lowest BCUT2D eigenvalue weighted by atomic mass is 10.1. The van der Waals surface area contributed by atoms with E-state index in [0.29, 0.717) is 10.6 Å². The number of piperazine rings is 1. The van der Waals surface area contributed by atoms with E-state index in [1.165, 1.54) is 0 Å². The standard InChI is InChI=1S/C12H17ClN4/c1-16-4-6-17(7-5-16)9-2-3-10(12(14)15)11(13)8-9/h2-3,8H,4-7H2,1H3,(H3,14,15). The lowest BCUT2D eigenvalue weighted by Crippen LogP contribution is -2.44. The molecule has 0 spiro atoms. The number of nitrogens with one attached hydrogen (secondary N) is 1. The second-order valence-electron chi connectivity index (χ2n) is 4.37. The SMILES string of the molecule is CN1CCN(c2ccc(C(=N)N)c(Cl)c2)CC1. The Balaban J connectivity index is 2.17. The molecule has 3 N–H and O–H groups in total. The first-order valence-corrected chi connectivity index (χ1v) is 6.03. The zero-order valence-electron chi connectivity index (χ0n) is 9.91. The van der Waals surface area contributed by atoms with Gasteiger partial charge in [-0.3, -0.25) is 5.41 Å². The summed E-state index contributed by atoms with van der Waals surface area (Å²) in [6, 6.07) is 5.69. The van der Waals surface area contributed by atoms with Crippen LogP contribution in [0.5, 0.6) is 0 Å². The number of benzene rings is 1. The molecule has 0 atom stereocenters. The number of nitrogens with zero attached hydrogens (tertiary/aromatic N) is 2. The Morgan fingerprint density at radius 1 is 1.29 bits per heavy atom. The average molecular weight is 253 g/mol. The summed E-state index contributed by atoms with van der Waals surface area (Å²) < 4.78 is 0. The van der Waals surface area contributed by atoms with Gasteiger partial charge in [0.2, 0.25) is 0 Å². The van der Waals surface area contributed by atoms with Gasteiger partial charge in [-0.1, -0.05) is 11.6 Å². The van der Waals surface area contributed by atoms with Crippen molar-refractivity contribution in [3.8, 4) is 0 Å². The Morgan fingerprint density at radius 2 is 1.94 bits per heavy atom. The molecule has 1 aromatic carbocycles. The maximum absolute atomic E-state index is 7.39. The number of anilines is 1. The van der Waals surface area contributed by atoms with Crippen molar-refractivity contribution in [1.29, 1.82) is 5.41 Å². The number of hydrogen-bond acceptors (Lipinski definition) is 3. The first-order valence-electron chi connectivity index (χ1n) is 5.65. The molecular weight excluding hydrogens is 236 g/mol. The van der Waals surface area contributed by atoms with Gasteiger partial charge in [-0.25, -0.2) is 0 Å². The van der Waals surface area contributed by atoms with Crippen LogP contribution in [0.25, 0.3) is 0 Å². The van der Waals surface area contributed by atoms with Crippen LogP contribution >= 0.6 is 11.6 Å². The largest absolute Gasteiger partial charge is 0.384 e. The summed E-state index contributed by atoms with van der Waals surface area (Å²) in [5.41, 5.74) is 7.15. The summed E-state index contributed by atoms with van der Waals surface area (Å²) in [6.45, 7) is 4.14. The molecule has 4 nitrogen and oxygen atoms in total. The Morgan fingerprint density at radius 3 is 2.47 bits per heavy atom. The molecule has 0 amide bonds. The van der Waals surface area contributed by atoms with Crippen molar-refractivity contribution in [2.75, 3.05) is 38.1 Å². The van der Waals surface area contributed by atoms with Gasteiger partial charge < -0.3 is 15.5 Å². The van der Waals surface area contributed by atoms with E-state index in [4.69, 9.17) is 22.7 Å². The molecule has 0 bridgehead atoms. The summed E-state index contributed by atoms with van der Waals surface area (Å²) in [7, 11) is 2.13. The molecule has 1 aromatic rings. The van der Waals surface area contributed by atoms with E-state index in [1.807, 2.05) is 18.2 Å². The van der Waals surface area contributed by atoms with E-state index in [-0.39, 0.29) is 5.84 Å². The van der Waals surface area contributed by atoms with Crippen LogP contribution in [-0.4, -0.2) is 44.0 Å². The molecule has 0 unspecified atom stereocenters. The molecule has 0 radical (unpaired) electrons. The Bertz CT molecular complexity index is 425. The van der Waals surface area contributed by atoms with E-state index in [0.717, 1.165) is 31.9 Å². The summed E-state index contributed by atoms with van der Waals surface area (Å²) in [5.74, 6) is 0.0138. The molecule has 1 heterocycles. The topological polar surface area (TPSA) is 56.4 Å². The van der Waals surface area contributed by atoms with Gasteiger partial charge >= 0.3 is 0 Å². The molecule has 1 aliphatic heterocycles. The van der Waals surface area contributed by atoms with Crippen molar-refractivity contribution in [3.63, 3.8) is 0 Å². The monoisotopic (exact) mass is 252 g/mol. The van der Waals surface area contributed by atoms with E-state index < -0.39 is 0 Å². The van der Waals surface area contributed by atoms with E-state index in [9.17, 15) is 0 Å². The number of hydrogen-bond donors (Lipinski definition) is 2. The fraction of sp³-hybridized carbons (Fsp3) is 0.417. The molecule has 2 rings (SSSR count). The summed E-state index contributed by atoms with van der Waals surface area (Å²) in [5, 5.41) is 7.94. The Hall–Kier alpha value is -1.26.